The molecular weight excluding hydrogens is 484 g/mol. The molecule has 1 aliphatic heterocycles. The highest BCUT2D eigenvalue weighted by Gasteiger charge is 2.35. The van der Waals surface area contributed by atoms with Crippen LogP contribution in [0.25, 0.3) is 11.1 Å². The van der Waals surface area contributed by atoms with E-state index in [-0.39, 0.29) is 23.2 Å². The van der Waals surface area contributed by atoms with Crippen molar-refractivity contribution in [3.63, 3.8) is 0 Å². The Hall–Kier alpha value is -4.87. The van der Waals surface area contributed by atoms with Gasteiger partial charge in [-0.3, -0.25) is 9.59 Å². The van der Waals surface area contributed by atoms with Crippen LogP contribution in [-0.2, 0) is 19.1 Å². The van der Waals surface area contributed by atoms with Gasteiger partial charge in [0.25, 0.3) is 5.91 Å². The Morgan fingerprint density at radius 2 is 1.59 bits per heavy atom. The molecule has 0 saturated heterocycles. The van der Waals surface area contributed by atoms with E-state index in [4.69, 9.17) is 18.9 Å². The van der Waals surface area contributed by atoms with E-state index >= 15 is 0 Å². The molecule has 0 radical (unpaired) electrons. The lowest BCUT2D eigenvalue weighted by atomic mass is 10.1. The maximum Gasteiger partial charge on any atom is 0.337 e. The molecule has 2 amide bonds. The van der Waals surface area contributed by atoms with E-state index in [2.05, 4.69) is 15.7 Å². The number of fused-ring (bicyclic) bond motifs is 1. The van der Waals surface area contributed by atoms with E-state index in [0.29, 0.717) is 22.9 Å². The number of esters is 2. The Labute approximate surface area is 211 Å². The summed E-state index contributed by atoms with van der Waals surface area (Å²) in [4.78, 5) is 49.6. The Kier molecular flexibility index (Phi) is 7.09. The third-order valence-corrected chi connectivity index (χ3v) is 5.77. The predicted octanol–water partition coefficient (Wildman–Crippen LogP) is 2.66. The number of aromatic nitrogens is 2. The van der Waals surface area contributed by atoms with Gasteiger partial charge in [0.05, 0.1) is 52.2 Å². The Bertz CT molecular complexity index is 1360. The smallest absolute Gasteiger partial charge is 0.337 e. The van der Waals surface area contributed by atoms with Gasteiger partial charge in [0.2, 0.25) is 5.91 Å². The second kappa shape index (κ2) is 10.4. The van der Waals surface area contributed by atoms with Gasteiger partial charge < -0.3 is 29.6 Å². The lowest BCUT2D eigenvalue weighted by molar-refractivity contribution is -0.123. The summed E-state index contributed by atoms with van der Waals surface area (Å²) < 4.78 is 21.5. The molecule has 12 heteroatoms. The van der Waals surface area contributed by atoms with E-state index in [1.807, 2.05) is 0 Å². The van der Waals surface area contributed by atoms with Crippen LogP contribution in [0, 0.1) is 0 Å². The van der Waals surface area contributed by atoms with Crippen molar-refractivity contribution in [3.05, 3.63) is 53.7 Å². The first-order valence-electron chi connectivity index (χ1n) is 11.0. The topological polar surface area (TPSA) is 147 Å². The van der Waals surface area contributed by atoms with Gasteiger partial charge in [-0.25, -0.2) is 14.3 Å². The molecule has 0 bridgehead atoms. The van der Waals surface area contributed by atoms with Crippen molar-refractivity contribution in [2.75, 3.05) is 39.1 Å². The second-order valence-corrected chi connectivity index (χ2v) is 7.96. The number of methoxy groups -OCH3 is 4. The minimum Gasteiger partial charge on any atom is -0.493 e. The van der Waals surface area contributed by atoms with Crippen LogP contribution in [0.4, 0.5) is 11.5 Å². The number of nitrogens with zero attached hydrogens (tertiary/aromatic N) is 2. The third kappa shape index (κ3) is 4.94. The predicted molar refractivity (Wildman–Crippen MR) is 131 cm³/mol. The molecule has 1 aliphatic rings. The number of carbonyl (C=O) groups excluding carboxylic acids is 4. The number of hydrogen-bond donors (Lipinski definition) is 2. The van der Waals surface area contributed by atoms with Gasteiger partial charge in [-0.15, -0.1) is 0 Å². The normalized spacial score (nSPS) is 13.8. The molecule has 1 unspecified atom stereocenters. The van der Waals surface area contributed by atoms with Crippen LogP contribution in [-0.4, -0.2) is 62.0 Å². The molecule has 192 valence electrons. The average molecular weight is 508 g/mol. The van der Waals surface area contributed by atoms with Crippen molar-refractivity contribution < 1.29 is 38.1 Å². The van der Waals surface area contributed by atoms with E-state index in [0.717, 1.165) is 5.56 Å². The fourth-order valence-electron chi connectivity index (χ4n) is 3.99. The fourth-order valence-corrected chi connectivity index (χ4v) is 3.99. The Morgan fingerprint density at radius 3 is 2.19 bits per heavy atom. The summed E-state index contributed by atoms with van der Waals surface area (Å²) in [5, 5.41) is 9.72. The number of rotatable bonds is 8. The molecule has 0 saturated carbocycles. The van der Waals surface area contributed by atoms with E-state index in [1.54, 1.807) is 24.4 Å². The van der Waals surface area contributed by atoms with Gasteiger partial charge in [-0.05, 0) is 35.9 Å². The number of hydrogen-bond acceptors (Lipinski definition) is 9. The summed E-state index contributed by atoms with van der Waals surface area (Å²) in [6.45, 7) is 0. The fraction of sp³-hybridized carbons (Fsp3) is 0.240. The van der Waals surface area contributed by atoms with Gasteiger partial charge in [-0.1, -0.05) is 6.07 Å². The van der Waals surface area contributed by atoms with E-state index in [1.165, 1.54) is 51.3 Å². The van der Waals surface area contributed by atoms with Crippen LogP contribution in [0.3, 0.4) is 0 Å². The van der Waals surface area contributed by atoms with Gasteiger partial charge in [-0.2, -0.15) is 5.10 Å². The van der Waals surface area contributed by atoms with Crippen LogP contribution in [0.5, 0.6) is 11.5 Å². The third-order valence-electron chi connectivity index (χ3n) is 5.77. The summed E-state index contributed by atoms with van der Waals surface area (Å²) >= 11 is 0. The highest BCUT2D eigenvalue weighted by Crippen LogP contribution is 2.39. The quantitative estimate of drug-likeness (QED) is 0.438. The summed E-state index contributed by atoms with van der Waals surface area (Å²) in [5.41, 5.74) is 1.64. The lowest BCUT2D eigenvalue weighted by Crippen LogP contribution is -2.23. The largest absolute Gasteiger partial charge is 0.493 e. The van der Waals surface area contributed by atoms with Crippen molar-refractivity contribution in [1.82, 2.24) is 9.78 Å². The standard InChI is InChI=1S/C25H24N4O8/c1-34-19-6-5-13(10-20(19)35-2)17-12-26-29-18(23(31)28-22(17)29)11-21(30)27-16-8-14(24(32)36-3)7-15(9-16)25(33)37-4/h5-10,12,18H,11H2,1-4H3,(H,27,30)(H,28,31). The minimum absolute atomic E-state index is 0.0493. The van der Waals surface area contributed by atoms with Crippen molar-refractivity contribution in [2.45, 2.75) is 12.5 Å². The monoisotopic (exact) mass is 508 g/mol. The molecule has 0 aliphatic carbocycles. The zero-order chi connectivity index (χ0) is 26.7. The Balaban J connectivity index is 1.56. The minimum atomic E-state index is -0.909. The number of nitrogens with one attached hydrogen (secondary N) is 2. The number of benzene rings is 2. The first-order valence-corrected chi connectivity index (χ1v) is 11.0. The van der Waals surface area contributed by atoms with E-state index in [9.17, 15) is 19.2 Å². The van der Waals surface area contributed by atoms with Gasteiger partial charge in [0.1, 0.15) is 11.9 Å². The molecule has 12 nitrogen and oxygen atoms in total. The van der Waals surface area contributed by atoms with Crippen LogP contribution < -0.4 is 20.1 Å². The van der Waals surface area contributed by atoms with Crippen molar-refractivity contribution in [3.8, 4) is 22.6 Å². The molecule has 2 heterocycles. The summed E-state index contributed by atoms with van der Waals surface area (Å²) in [5.74, 6) is -0.815. The van der Waals surface area contributed by atoms with Crippen LogP contribution in [0.2, 0.25) is 0 Å². The highest BCUT2D eigenvalue weighted by atomic mass is 16.5. The Morgan fingerprint density at radius 1 is 0.946 bits per heavy atom. The molecule has 1 atom stereocenters. The average Bonchev–Trinajstić information content (AvgIpc) is 3.45. The summed E-state index contributed by atoms with van der Waals surface area (Å²) in [6.07, 6.45) is 1.34. The summed E-state index contributed by atoms with van der Waals surface area (Å²) in [7, 11) is 5.45. The number of carbonyl (C=O) groups is 4. The number of ether oxygens (including phenoxy) is 4. The van der Waals surface area contributed by atoms with Gasteiger partial charge >= 0.3 is 11.9 Å². The van der Waals surface area contributed by atoms with Crippen LogP contribution in [0.15, 0.2) is 42.6 Å². The highest BCUT2D eigenvalue weighted by molar-refractivity contribution is 6.05. The SMILES string of the molecule is COC(=O)c1cc(NC(=O)CC2C(=O)Nc3c(-c4ccc(OC)c(OC)c4)cnn32)cc(C(=O)OC)c1. The van der Waals surface area contributed by atoms with Crippen molar-refractivity contribution >= 4 is 35.3 Å². The molecule has 3 aromatic rings. The molecule has 2 aromatic carbocycles. The second-order valence-electron chi connectivity index (χ2n) is 7.96. The first-order chi connectivity index (χ1) is 17.8. The first kappa shape index (κ1) is 25.2. The van der Waals surface area contributed by atoms with Gasteiger partial charge in [0, 0.05) is 11.3 Å². The molecule has 0 spiro atoms. The molecule has 4 rings (SSSR count). The molecule has 37 heavy (non-hydrogen) atoms. The zero-order valence-corrected chi connectivity index (χ0v) is 20.5. The molecule has 0 fully saturated rings. The molecular formula is C25H24N4O8. The maximum absolute atomic E-state index is 12.9. The maximum atomic E-state index is 12.9. The summed E-state index contributed by atoms with van der Waals surface area (Å²) in [6, 6.07) is 8.41. The molecule has 2 N–H and O–H groups in total. The van der Waals surface area contributed by atoms with Gasteiger partial charge in [0.15, 0.2) is 11.5 Å². The molecule has 1 aromatic heterocycles. The van der Waals surface area contributed by atoms with Crippen molar-refractivity contribution in [1.29, 1.82) is 0 Å². The van der Waals surface area contributed by atoms with Crippen LogP contribution in [0.1, 0.15) is 33.2 Å². The van der Waals surface area contributed by atoms with Crippen molar-refractivity contribution in [2.24, 2.45) is 0 Å². The lowest BCUT2D eigenvalue weighted by Gasteiger charge is -2.12. The number of amides is 2. The van der Waals surface area contributed by atoms with E-state index < -0.39 is 29.8 Å². The van der Waals surface area contributed by atoms with Crippen LogP contribution >= 0.6 is 0 Å². The zero-order valence-electron chi connectivity index (χ0n) is 20.5. The number of anilines is 2.